The summed E-state index contributed by atoms with van der Waals surface area (Å²) in [6, 6.07) is 5.49. The molecule has 0 bridgehead atoms. The van der Waals surface area contributed by atoms with Gasteiger partial charge in [0.05, 0.1) is 5.69 Å². The van der Waals surface area contributed by atoms with Gasteiger partial charge in [0, 0.05) is 37.7 Å². The predicted octanol–water partition coefficient (Wildman–Crippen LogP) is 1.62. The molecule has 1 aromatic carbocycles. The summed E-state index contributed by atoms with van der Waals surface area (Å²) in [7, 11) is 0. The number of hydrogen-bond donors (Lipinski definition) is 2. The number of fused-ring (bicyclic) bond motifs is 2. The van der Waals surface area contributed by atoms with E-state index in [1.165, 1.54) is 0 Å². The minimum absolute atomic E-state index is 0.174. The van der Waals surface area contributed by atoms with Crippen LogP contribution in [0, 0.1) is 5.92 Å². The molecule has 1 saturated heterocycles. The van der Waals surface area contributed by atoms with Crippen LogP contribution in [0.15, 0.2) is 35.4 Å². The van der Waals surface area contributed by atoms with Crippen molar-refractivity contribution in [3.8, 4) is 22.8 Å². The second kappa shape index (κ2) is 7.83. The monoisotopic (exact) mass is 410 g/mol. The van der Waals surface area contributed by atoms with Gasteiger partial charge in [-0.2, -0.15) is 0 Å². The number of aromatic nitrogens is 3. The van der Waals surface area contributed by atoms with Gasteiger partial charge in [-0.15, -0.1) is 0 Å². The fourth-order valence-corrected chi connectivity index (χ4v) is 3.75. The highest BCUT2D eigenvalue weighted by Crippen LogP contribution is 2.33. The molecule has 0 atom stereocenters. The van der Waals surface area contributed by atoms with Crippen molar-refractivity contribution in [2.45, 2.75) is 12.8 Å². The first-order valence-electron chi connectivity index (χ1n) is 10.1. The van der Waals surface area contributed by atoms with Gasteiger partial charge in [0.1, 0.15) is 18.9 Å². The lowest BCUT2D eigenvalue weighted by Gasteiger charge is -2.21. The van der Waals surface area contributed by atoms with Crippen LogP contribution in [0.2, 0.25) is 0 Å². The lowest BCUT2D eigenvalue weighted by atomic mass is 10.0. The van der Waals surface area contributed by atoms with Gasteiger partial charge in [-0.3, -0.25) is 14.0 Å². The van der Waals surface area contributed by atoms with Crippen LogP contribution in [-0.4, -0.2) is 53.2 Å². The number of benzene rings is 1. The number of amides is 1. The van der Waals surface area contributed by atoms with Crippen LogP contribution in [0.25, 0.3) is 16.9 Å². The van der Waals surface area contributed by atoms with Crippen LogP contribution < -0.4 is 20.3 Å². The van der Waals surface area contributed by atoms with Crippen LogP contribution in [0.1, 0.15) is 23.3 Å². The van der Waals surface area contributed by atoms with E-state index in [1.54, 1.807) is 16.8 Å². The molecule has 30 heavy (non-hydrogen) atoms. The topological polar surface area (TPSA) is 107 Å². The molecule has 9 nitrogen and oxygen atoms in total. The Balaban J connectivity index is 1.39. The fourth-order valence-electron chi connectivity index (χ4n) is 3.75. The Bertz CT molecular complexity index is 1150. The Morgan fingerprint density at radius 1 is 1.13 bits per heavy atom. The number of H-pyrrole nitrogens is 1. The lowest BCUT2D eigenvalue weighted by Crippen LogP contribution is -2.32. The molecule has 0 unspecified atom stereocenters. The summed E-state index contributed by atoms with van der Waals surface area (Å²) in [5, 5.41) is 2.92. The fraction of sp³-hybridized carbons (Fsp3) is 0.381. The van der Waals surface area contributed by atoms with Crippen LogP contribution in [-0.2, 0) is 4.74 Å². The highest BCUT2D eigenvalue weighted by Gasteiger charge is 2.18. The Hall–Kier alpha value is -3.33. The summed E-state index contributed by atoms with van der Waals surface area (Å²) in [5.41, 5.74) is 1.39. The summed E-state index contributed by atoms with van der Waals surface area (Å²) < 4.78 is 18.1. The quantitative estimate of drug-likeness (QED) is 0.677. The van der Waals surface area contributed by atoms with Gasteiger partial charge in [-0.05, 0) is 37.0 Å². The number of imidazole rings is 1. The highest BCUT2D eigenvalue weighted by atomic mass is 16.6. The van der Waals surface area contributed by atoms with Gasteiger partial charge < -0.3 is 24.5 Å². The number of carbonyl (C=O) groups excluding carboxylic acids is 1. The molecule has 4 heterocycles. The van der Waals surface area contributed by atoms with Crippen molar-refractivity contribution in [1.29, 1.82) is 0 Å². The van der Waals surface area contributed by atoms with E-state index in [-0.39, 0.29) is 22.8 Å². The molecule has 9 heteroatoms. The lowest BCUT2D eigenvalue weighted by molar-refractivity contribution is 0.0642. The molecule has 0 spiro atoms. The first-order chi connectivity index (χ1) is 14.7. The molecule has 5 rings (SSSR count). The number of hydrogen-bond acceptors (Lipinski definition) is 6. The molecule has 2 aliphatic rings. The average Bonchev–Trinajstić information content (AvgIpc) is 3.23. The maximum absolute atomic E-state index is 12.6. The summed E-state index contributed by atoms with van der Waals surface area (Å²) in [6.45, 7) is 3.04. The molecule has 2 aromatic heterocycles. The Kier molecular flexibility index (Phi) is 4.88. The van der Waals surface area contributed by atoms with E-state index >= 15 is 0 Å². The van der Waals surface area contributed by atoms with Gasteiger partial charge in [-0.1, -0.05) is 0 Å². The molecule has 2 aliphatic heterocycles. The Morgan fingerprint density at radius 3 is 2.77 bits per heavy atom. The third-order valence-corrected chi connectivity index (χ3v) is 5.43. The van der Waals surface area contributed by atoms with E-state index < -0.39 is 0 Å². The summed E-state index contributed by atoms with van der Waals surface area (Å²) >= 11 is 0. The van der Waals surface area contributed by atoms with E-state index in [1.807, 2.05) is 18.2 Å². The molecule has 3 aromatic rings. The van der Waals surface area contributed by atoms with Crippen LogP contribution in [0.3, 0.4) is 0 Å². The van der Waals surface area contributed by atoms with Gasteiger partial charge in [0.2, 0.25) is 5.65 Å². The van der Waals surface area contributed by atoms with Crippen LogP contribution in [0.5, 0.6) is 11.5 Å². The van der Waals surface area contributed by atoms with E-state index in [4.69, 9.17) is 14.2 Å². The molecular weight excluding hydrogens is 388 g/mol. The molecule has 156 valence electrons. The first-order valence-corrected chi connectivity index (χ1v) is 10.1. The minimum Gasteiger partial charge on any atom is -0.486 e. The van der Waals surface area contributed by atoms with Crippen molar-refractivity contribution in [3.05, 3.63) is 46.6 Å². The van der Waals surface area contributed by atoms with Crippen molar-refractivity contribution < 1.29 is 19.0 Å². The van der Waals surface area contributed by atoms with E-state index in [0.29, 0.717) is 42.9 Å². The minimum atomic E-state index is -0.370. The van der Waals surface area contributed by atoms with Crippen molar-refractivity contribution in [1.82, 2.24) is 19.7 Å². The molecule has 0 radical (unpaired) electrons. The number of ether oxygens (including phenoxy) is 3. The average molecular weight is 410 g/mol. The second-order valence-electron chi connectivity index (χ2n) is 7.48. The predicted molar refractivity (Wildman–Crippen MR) is 108 cm³/mol. The van der Waals surface area contributed by atoms with E-state index in [2.05, 4.69) is 15.3 Å². The Labute approximate surface area is 172 Å². The first kappa shape index (κ1) is 18.7. The number of aromatic amines is 1. The van der Waals surface area contributed by atoms with Gasteiger partial charge in [0.15, 0.2) is 11.5 Å². The zero-order chi connectivity index (χ0) is 20.5. The molecule has 2 N–H and O–H groups in total. The van der Waals surface area contributed by atoms with Gasteiger partial charge in [0.25, 0.3) is 11.5 Å². The molecule has 1 amide bonds. The summed E-state index contributed by atoms with van der Waals surface area (Å²) in [4.78, 5) is 32.1. The highest BCUT2D eigenvalue weighted by molar-refractivity contribution is 5.92. The standard InChI is InChI=1S/C21H22N4O5/c26-20(22-10-13-3-5-28-6-4-13)16-12-25-11-15(24-21(27)19(25)23-16)14-1-2-17-18(9-14)30-8-7-29-17/h1-2,9,11-13H,3-8,10H2,(H,22,26)(H,24,27). The maximum atomic E-state index is 12.6. The zero-order valence-electron chi connectivity index (χ0n) is 16.3. The van der Waals surface area contributed by atoms with Crippen LogP contribution in [0.4, 0.5) is 0 Å². The SMILES string of the molecule is O=C(NCC1CCOCC1)c1cn2cc(-c3ccc4c(c3)OCCO4)[nH]c(=O)c2n1. The molecule has 0 saturated carbocycles. The number of carbonyl (C=O) groups is 1. The number of nitrogens with one attached hydrogen (secondary N) is 2. The van der Waals surface area contributed by atoms with Crippen molar-refractivity contribution in [2.75, 3.05) is 33.0 Å². The van der Waals surface area contributed by atoms with E-state index in [0.717, 1.165) is 31.6 Å². The normalized spacial score (nSPS) is 16.5. The second-order valence-corrected chi connectivity index (χ2v) is 7.48. The van der Waals surface area contributed by atoms with Crippen molar-refractivity contribution >= 4 is 11.6 Å². The largest absolute Gasteiger partial charge is 0.486 e. The van der Waals surface area contributed by atoms with Gasteiger partial charge in [-0.25, -0.2) is 4.98 Å². The summed E-state index contributed by atoms with van der Waals surface area (Å²) in [5.74, 6) is 1.44. The number of nitrogens with zero attached hydrogens (tertiary/aromatic N) is 2. The molecule has 0 aliphatic carbocycles. The maximum Gasteiger partial charge on any atom is 0.292 e. The smallest absolute Gasteiger partial charge is 0.292 e. The van der Waals surface area contributed by atoms with Crippen molar-refractivity contribution in [3.63, 3.8) is 0 Å². The molecule has 1 fully saturated rings. The van der Waals surface area contributed by atoms with Gasteiger partial charge >= 0.3 is 0 Å². The summed E-state index contributed by atoms with van der Waals surface area (Å²) in [6.07, 6.45) is 5.18. The van der Waals surface area contributed by atoms with E-state index in [9.17, 15) is 9.59 Å². The molecular formula is C21H22N4O5. The third kappa shape index (κ3) is 3.63. The van der Waals surface area contributed by atoms with Crippen LogP contribution >= 0.6 is 0 Å². The Morgan fingerprint density at radius 2 is 1.93 bits per heavy atom. The third-order valence-electron chi connectivity index (χ3n) is 5.43. The van der Waals surface area contributed by atoms with Crippen molar-refractivity contribution in [2.24, 2.45) is 5.92 Å². The zero-order valence-corrected chi connectivity index (χ0v) is 16.3. The number of rotatable bonds is 4.